The minimum Gasteiger partial charge on any atom is -0.508 e. The second-order valence-corrected chi connectivity index (χ2v) is 3.60. The molecule has 16 heavy (non-hydrogen) atoms. The molecule has 0 aliphatic carbocycles. The Labute approximate surface area is 91.4 Å². The van der Waals surface area contributed by atoms with Gasteiger partial charge in [0.05, 0.1) is 5.56 Å². The fraction of sp³-hybridized carbons (Fsp3) is 0.0833. The fourth-order valence-corrected chi connectivity index (χ4v) is 1.72. The van der Waals surface area contributed by atoms with Gasteiger partial charge >= 0.3 is 5.97 Å². The average molecular weight is 218 g/mol. The first kappa shape index (κ1) is 10.3. The van der Waals surface area contributed by atoms with Crippen molar-refractivity contribution < 1.29 is 20.1 Å². The quantitative estimate of drug-likeness (QED) is 0.686. The zero-order valence-electron chi connectivity index (χ0n) is 8.56. The van der Waals surface area contributed by atoms with Gasteiger partial charge in [0.2, 0.25) is 0 Å². The van der Waals surface area contributed by atoms with E-state index < -0.39 is 5.97 Å². The summed E-state index contributed by atoms with van der Waals surface area (Å²) in [7, 11) is 0. The molecule has 0 bridgehead atoms. The predicted molar refractivity (Wildman–Crippen MR) is 59.0 cm³/mol. The van der Waals surface area contributed by atoms with Crippen molar-refractivity contribution >= 4 is 16.7 Å². The monoisotopic (exact) mass is 218 g/mol. The number of aromatic carboxylic acids is 1. The van der Waals surface area contributed by atoms with E-state index in [1.165, 1.54) is 24.3 Å². The van der Waals surface area contributed by atoms with E-state index in [9.17, 15) is 15.0 Å². The van der Waals surface area contributed by atoms with Gasteiger partial charge in [0, 0.05) is 0 Å². The second-order valence-electron chi connectivity index (χ2n) is 3.60. The van der Waals surface area contributed by atoms with Crippen LogP contribution in [0.2, 0.25) is 0 Å². The molecule has 0 saturated carbocycles. The van der Waals surface area contributed by atoms with Crippen LogP contribution in [0.3, 0.4) is 0 Å². The fourth-order valence-electron chi connectivity index (χ4n) is 1.72. The molecule has 0 aromatic heterocycles. The molecule has 0 atom stereocenters. The molecule has 2 aromatic carbocycles. The van der Waals surface area contributed by atoms with E-state index in [4.69, 9.17) is 5.11 Å². The summed E-state index contributed by atoms with van der Waals surface area (Å²) < 4.78 is 0. The van der Waals surface area contributed by atoms with Crippen molar-refractivity contribution in [2.24, 2.45) is 0 Å². The number of hydrogen-bond donors (Lipinski definition) is 3. The van der Waals surface area contributed by atoms with Crippen molar-refractivity contribution in [3.05, 3.63) is 35.4 Å². The summed E-state index contributed by atoms with van der Waals surface area (Å²) in [6, 6.07) is 5.61. The topological polar surface area (TPSA) is 77.8 Å². The highest BCUT2D eigenvalue weighted by molar-refractivity contribution is 6.06. The Morgan fingerprint density at radius 2 is 1.81 bits per heavy atom. The Balaban J connectivity index is 2.95. The first-order valence-corrected chi connectivity index (χ1v) is 4.69. The van der Waals surface area contributed by atoms with Crippen molar-refractivity contribution in [2.75, 3.05) is 0 Å². The Hall–Kier alpha value is -2.23. The largest absolute Gasteiger partial charge is 0.508 e. The summed E-state index contributed by atoms with van der Waals surface area (Å²) in [6.07, 6.45) is 0. The van der Waals surface area contributed by atoms with Crippen LogP contribution in [0.4, 0.5) is 0 Å². The maximum absolute atomic E-state index is 11.0. The molecule has 0 fully saturated rings. The standard InChI is InChI=1S/C12H10O4/c1-6-9-4-7(13)2-3-8(9)10(12(15)16)5-11(6)14/h2-5,13-14H,1H3,(H,15,16). The molecular weight excluding hydrogens is 208 g/mol. The third-order valence-corrected chi connectivity index (χ3v) is 2.59. The van der Waals surface area contributed by atoms with Crippen molar-refractivity contribution in [1.29, 1.82) is 0 Å². The Morgan fingerprint density at radius 3 is 2.44 bits per heavy atom. The minimum absolute atomic E-state index is 0.0260. The van der Waals surface area contributed by atoms with E-state index in [1.54, 1.807) is 6.92 Å². The highest BCUT2D eigenvalue weighted by atomic mass is 16.4. The first-order chi connectivity index (χ1) is 7.50. The maximum atomic E-state index is 11.0. The van der Waals surface area contributed by atoms with Crippen molar-refractivity contribution in [3.8, 4) is 11.5 Å². The van der Waals surface area contributed by atoms with Gasteiger partial charge in [-0.1, -0.05) is 0 Å². The van der Waals surface area contributed by atoms with E-state index >= 15 is 0 Å². The van der Waals surface area contributed by atoms with Crippen molar-refractivity contribution in [2.45, 2.75) is 6.92 Å². The highest BCUT2D eigenvalue weighted by Gasteiger charge is 2.13. The molecule has 4 heteroatoms. The lowest BCUT2D eigenvalue weighted by Crippen LogP contribution is -1.98. The average Bonchev–Trinajstić information content (AvgIpc) is 2.23. The van der Waals surface area contributed by atoms with Crippen LogP contribution >= 0.6 is 0 Å². The lowest BCUT2D eigenvalue weighted by molar-refractivity contribution is 0.0698. The Morgan fingerprint density at radius 1 is 1.12 bits per heavy atom. The van der Waals surface area contributed by atoms with E-state index in [1.807, 2.05) is 0 Å². The number of phenols is 2. The van der Waals surface area contributed by atoms with Crippen molar-refractivity contribution in [1.82, 2.24) is 0 Å². The normalized spacial score (nSPS) is 10.6. The third kappa shape index (κ3) is 1.44. The van der Waals surface area contributed by atoms with Gasteiger partial charge in [0.25, 0.3) is 0 Å². The Bertz CT molecular complexity index is 587. The number of benzene rings is 2. The second kappa shape index (κ2) is 3.41. The molecule has 0 amide bonds. The van der Waals surface area contributed by atoms with Gasteiger partial charge in [-0.2, -0.15) is 0 Å². The molecule has 82 valence electrons. The Kier molecular flexibility index (Phi) is 2.20. The SMILES string of the molecule is Cc1c(O)cc(C(=O)O)c2ccc(O)cc12. The zero-order chi connectivity index (χ0) is 11.9. The third-order valence-electron chi connectivity index (χ3n) is 2.59. The summed E-state index contributed by atoms with van der Waals surface area (Å²) >= 11 is 0. The molecule has 0 aliphatic rings. The van der Waals surface area contributed by atoms with Crippen LogP contribution in [-0.4, -0.2) is 21.3 Å². The molecule has 0 radical (unpaired) electrons. The van der Waals surface area contributed by atoms with Crippen LogP contribution in [-0.2, 0) is 0 Å². The molecule has 0 unspecified atom stereocenters. The molecule has 3 N–H and O–H groups in total. The number of fused-ring (bicyclic) bond motifs is 1. The summed E-state index contributed by atoms with van der Waals surface area (Å²) in [4.78, 5) is 11.0. The van der Waals surface area contributed by atoms with Gasteiger partial charge < -0.3 is 15.3 Å². The van der Waals surface area contributed by atoms with Gasteiger partial charge in [-0.3, -0.25) is 0 Å². The number of aromatic hydroxyl groups is 2. The van der Waals surface area contributed by atoms with Gasteiger partial charge in [-0.15, -0.1) is 0 Å². The van der Waals surface area contributed by atoms with E-state index in [2.05, 4.69) is 0 Å². The summed E-state index contributed by atoms with van der Waals surface area (Å²) in [5.74, 6) is -1.15. The van der Waals surface area contributed by atoms with Gasteiger partial charge in [0.15, 0.2) is 0 Å². The summed E-state index contributed by atoms with van der Waals surface area (Å²) in [5, 5.41) is 29.0. The van der Waals surface area contributed by atoms with Crippen LogP contribution in [0.15, 0.2) is 24.3 Å². The lowest BCUT2D eigenvalue weighted by Gasteiger charge is -2.08. The summed E-state index contributed by atoms with van der Waals surface area (Å²) in [5.41, 5.74) is 0.578. The van der Waals surface area contributed by atoms with Crippen LogP contribution < -0.4 is 0 Å². The number of hydrogen-bond acceptors (Lipinski definition) is 3. The van der Waals surface area contributed by atoms with Gasteiger partial charge in [-0.25, -0.2) is 4.79 Å². The maximum Gasteiger partial charge on any atom is 0.336 e. The minimum atomic E-state index is -1.11. The van der Waals surface area contributed by atoms with E-state index in [0.29, 0.717) is 16.3 Å². The van der Waals surface area contributed by atoms with Gasteiger partial charge in [0.1, 0.15) is 11.5 Å². The zero-order valence-corrected chi connectivity index (χ0v) is 8.56. The van der Waals surface area contributed by atoms with Crippen LogP contribution in [0.25, 0.3) is 10.8 Å². The molecule has 0 saturated heterocycles. The molecule has 0 aliphatic heterocycles. The molecule has 0 spiro atoms. The number of aryl methyl sites for hydroxylation is 1. The number of carboxylic acid groups (broad SMARTS) is 1. The number of carboxylic acids is 1. The first-order valence-electron chi connectivity index (χ1n) is 4.69. The molecular formula is C12H10O4. The van der Waals surface area contributed by atoms with Crippen LogP contribution in [0.1, 0.15) is 15.9 Å². The van der Waals surface area contributed by atoms with Crippen LogP contribution in [0.5, 0.6) is 11.5 Å². The van der Waals surface area contributed by atoms with Crippen molar-refractivity contribution in [3.63, 3.8) is 0 Å². The molecule has 4 nitrogen and oxygen atoms in total. The highest BCUT2D eigenvalue weighted by Crippen LogP contribution is 2.32. The number of rotatable bonds is 1. The van der Waals surface area contributed by atoms with Gasteiger partial charge in [-0.05, 0) is 47.5 Å². The van der Waals surface area contributed by atoms with E-state index in [0.717, 1.165) is 0 Å². The predicted octanol–water partition coefficient (Wildman–Crippen LogP) is 2.26. The summed E-state index contributed by atoms with van der Waals surface area (Å²) in [6.45, 7) is 1.67. The number of carbonyl (C=O) groups is 1. The lowest BCUT2D eigenvalue weighted by atomic mass is 9.99. The van der Waals surface area contributed by atoms with E-state index in [-0.39, 0.29) is 17.1 Å². The molecule has 0 heterocycles. The smallest absolute Gasteiger partial charge is 0.336 e. The van der Waals surface area contributed by atoms with Crippen LogP contribution in [0, 0.1) is 6.92 Å². The molecule has 2 aromatic rings. The molecule has 2 rings (SSSR count). The number of phenolic OH excluding ortho intramolecular Hbond substituents is 2.